The van der Waals surface area contributed by atoms with Gasteiger partial charge in [-0.05, 0) is 25.3 Å². The van der Waals surface area contributed by atoms with E-state index in [1.54, 1.807) is 0 Å². The summed E-state index contributed by atoms with van der Waals surface area (Å²) in [7, 11) is 0. The van der Waals surface area contributed by atoms with E-state index < -0.39 is 0 Å². The van der Waals surface area contributed by atoms with Gasteiger partial charge in [0.2, 0.25) is 0 Å². The monoisotopic (exact) mass is 287 g/mol. The summed E-state index contributed by atoms with van der Waals surface area (Å²) >= 11 is 0. The minimum Gasteiger partial charge on any atom is -0.370 e. The van der Waals surface area contributed by atoms with Crippen molar-refractivity contribution >= 4 is 5.82 Å². The molecule has 0 bridgehead atoms. The van der Waals surface area contributed by atoms with Gasteiger partial charge in [-0.15, -0.1) is 0 Å². The molecule has 0 atom stereocenters. The first kappa shape index (κ1) is 15.5. The van der Waals surface area contributed by atoms with Crippen molar-refractivity contribution in [3.05, 3.63) is 24.2 Å². The molecule has 0 aromatic carbocycles. The molecule has 0 aliphatic rings. The van der Waals surface area contributed by atoms with Crippen molar-refractivity contribution < 1.29 is 0 Å². The van der Waals surface area contributed by atoms with Gasteiger partial charge in [-0.3, -0.25) is 4.68 Å². The van der Waals surface area contributed by atoms with Gasteiger partial charge in [-0.1, -0.05) is 20.8 Å². The predicted molar refractivity (Wildman–Crippen MR) is 86.3 cm³/mol. The molecule has 0 radical (unpaired) electrons. The Morgan fingerprint density at radius 2 is 1.95 bits per heavy atom. The Balaban J connectivity index is 2.36. The summed E-state index contributed by atoms with van der Waals surface area (Å²) in [6.07, 6.45) is 5.92. The summed E-state index contributed by atoms with van der Waals surface area (Å²) in [5.74, 6) is 1.81. The molecular formula is C16H25N5. The predicted octanol–water partition coefficient (Wildman–Crippen LogP) is 3.52. The third-order valence-corrected chi connectivity index (χ3v) is 3.22. The molecule has 2 heterocycles. The zero-order chi connectivity index (χ0) is 15.1. The maximum Gasteiger partial charge on any atom is 0.131 e. The van der Waals surface area contributed by atoms with Gasteiger partial charge in [0, 0.05) is 31.8 Å². The van der Waals surface area contributed by atoms with Crippen LogP contribution in [0.15, 0.2) is 18.3 Å². The van der Waals surface area contributed by atoms with Crippen LogP contribution in [-0.4, -0.2) is 26.3 Å². The van der Waals surface area contributed by atoms with E-state index in [4.69, 9.17) is 4.98 Å². The second-order valence-corrected chi connectivity index (χ2v) is 5.17. The molecule has 0 saturated carbocycles. The topological polar surface area (TPSA) is 55.6 Å². The van der Waals surface area contributed by atoms with Crippen LogP contribution in [-0.2, 0) is 13.0 Å². The fourth-order valence-corrected chi connectivity index (χ4v) is 2.25. The van der Waals surface area contributed by atoms with Crippen molar-refractivity contribution in [1.82, 2.24) is 19.7 Å². The van der Waals surface area contributed by atoms with Gasteiger partial charge in [-0.25, -0.2) is 9.97 Å². The number of rotatable bonds is 8. The minimum absolute atomic E-state index is 0.899. The smallest absolute Gasteiger partial charge is 0.131 e. The molecule has 2 rings (SSSR count). The second kappa shape index (κ2) is 7.76. The van der Waals surface area contributed by atoms with Crippen molar-refractivity contribution in [1.29, 1.82) is 0 Å². The highest BCUT2D eigenvalue weighted by Crippen LogP contribution is 2.20. The molecule has 1 N–H and O–H groups in total. The summed E-state index contributed by atoms with van der Waals surface area (Å²) in [6.45, 7) is 8.29. The van der Waals surface area contributed by atoms with Gasteiger partial charge >= 0.3 is 0 Å². The molecular weight excluding hydrogens is 262 g/mol. The van der Waals surface area contributed by atoms with Crippen LogP contribution >= 0.6 is 0 Å². The maximum absolute atomic E-state index is 4.70. The summed E-state index contributed by atoms with van der Waals surface area (Å²) < 4.78 is 2.02. The lowest BCUT2D eigenvalue weighted by Crippen LogP contribution is -2.08. The maximum atomic E-state index is 4.70. The second-order valence-electron chi connectivity index (χ2n) is 5.17. The highest BCUT2D eigenvalue weighted by Gasteiger charge is 2.10. The average molecular weight is 287 g/mol. The molecule has 2 aromatic heterocycles. The van der Waals surface area contributed by atoms with Crippen LogP contribution < -0.4 is 5.32 Å². The van der Waals surface area contributed by atoms with E-state index in [-0.39, 0.29) is 0 Å². The molecule has 5 heteroatoms. The van der Waals surface area contributed by atoms with E-state index in [1.165, 1.54) is 0 Å². The summed E-state index contributed by atoms with van der Waals surface area (Å²) in [5.41, 5.74) is 2.02. The number of aryl methyl sites for hydroxylation is 2. The molecule has 0 unspecified atom stereocenters. The van der Waals surface area contributed by atoms with E-state index in [0.717, 1.165) is 61.8 Å². The van der Waals surface area contributed by atoms with E-state index in [0.29, 0.717) is 0 Å². The van der Waals surface area contributed by atoms with E-state index in [9.17, 15) is 0 Å². The van der Waals surface area contributed by atoms with E-state index in [2.05, 4.69) is 36.2 Å². The van der Waals surface area contributed by atoms with E-state index in [1.807, 2.05) is 23.0 Å². The van der Waals surface area contributed by atoms with Crippen molar-refractivity contribution in [2.45, 2.75) is 53.0 Å². The third-order valence-electron chi connectivity index (χ3n) is 3.22. The average Bonchev–Trinajstić information content (AvgIpc) is 2.94. The Bertz CT molecular complexity index is 562. The van der Waals surface area contributed by atoms with Gasteiger partial charge in [0.1, 0.15) is 11.6 Å². The van der Waals surface area contributed by atoms with Crippen LogP contribution in [0.2, 0.25) is 0 Å². The normalized spacial score (nSPS) is 10.8. The highest BCUT2D eigenvalue weighted by atomic mass is 15.3. The van der Waals surface area contributed by atoms with Gasteiger partial charge < -0.3 is 5.32 Å². The van der Waals surface area contributed by atoms with Crippen LogP contribution in [0.25, 0.3) is 11.4 Å². The van der Waals surface area contributed by atoms with Crippen molar-refractivity contribution in [3.63, 3.8) is 0 Å². The summed E-state index contributed by atoms with van der Waals surface area (Å²) in [6, 6.07) is 4.05. The Morgan fingerprint density at radius 3 is 2.67 bits per heavy atom. The van der Waals surface area contributed by atoms with E-state index >= 15 is 0 Å². The molecule has 0 fully saturated rings. The molecule has 0 aliphatic heterocycles. The standard InChI is InChI=1S/C16H25N5/c1-4-7-15-19-13(12-16(20-15)17-9-5-2)14-8-10-18-21(14)11-6-3/h8,10,12H,4-7,9,11H2,1-3H3,(H,17,19,20). The summed E-state index contributed by atoms with van der Waals surface area (Å²) in [5, 5.41) is 7.75. The number of aromatic nitrogens is 4. The number of nitrogens with zero attached hydrogens (tertiary/aromatic N) is 4. The summed E-state index contributed by atoms with van der Waals surface area (Å²) in [4.78, 5) is 9.30. The minimum atomic E-state index is 0.899. The zero-order valence-electron chi connectivity index (χ0n) is 13.3. The fourth-order valence-electron chi connectivity index (χ4n) is 2.25. The van der Waals surface area contributed by atoms with Crippen molar-refractivity contribution in [2.75, 3.05) is 11.9 Å². The molecule has 2 aromatic rings. The van der Waals surface area contributed by atoms with Crippen molar-refractivity contribution in [3.8, 4) is 11.4 Å². The lowest BCUT2D eigenvalue weighted by molar-refractivity contribution is 0.607. The van der Waals surface area contributed by atoms with Crippen LogP contribution in [0.5, 0.6) is 0 Å². The molecule has 114 valence electrons. The molecule has 0 saturated heterocycles. The Labute approximate surface area is 126 Å². The van der Waals surface area contributed by atoms with Gasteiger partial charge in [0.15, 0.2) is 0 Å². The fraction of sp³-hybridized carbons (Fsp3) is 0.562. The molecule has 21 heavy (non-hydrogen) atoms. The van der Waals surface area contributed by atoms with Gasteiger partial charge in [0.25, 0.3) is 0 Å². The first-order chi connectivity index (χ1) is 10.3. The Morgan fingerprint density at radius 1 is 1.10 bits per heavy atom. The van der Waals surface area contributed by atoms with Crippen LogP contribution in [0.1, 0.15) is 45.9 Å². The number of nitrogens with one attached hydrogen (secondary N) is 1. The van der Waals surface area contributed by atoms with Gasteiger partial charge in [0.05, 0.1) is 11.4 Å². The van der Waals surface area contributed by atoms with Gasteiger partial charge in [-0.2, -0.15) is 5.10 Å². The number of hydrogen-bond donors (Lipinski definition) is 1. The first-order valence-electron chi connectivity index (χ1n) is 7.92. The third kappa shape index (κ3) is 4.03. The SMILES string of the molecule is CCCNc1cc(-c2ccnn2CCC)nc(CCC)n1. The Hall–Kier alpha value is -1.91. The number of anilines is 1. The van der Waals surface area contributed by atoms with Crippen molar-refractivity contribution in [2.24, 2.45) is 0 Å². The highest BCUT2D eigenvalue weighted by molar-refractivity contribution is 5.58. The molecule has 0 spiro atoms. The lowest BCUT2D eigenvalue weighted by atomic mass is 10.2. The first-order valence-corrected chi connectivity index (χ1v) is 7.92. The number of hydrogen-bond acceptors (Lipinski definition) is 4. The molecule has 0 aliphatic carbocycles. The lowest BCUT2D eigenvalue weighted by Gasteiger charge is -2.10. The van der Waals surface area contributed by atoms with Crippen LogP contribution in [0, 0.1) is 0 Å². The molecule has 5 nitrogen and oxygen atoms in total. The Kier molecular flexibility index (Phi) is 5.72. The zero-order valence-corrected chi connectivity index (χ0v) is 13.3. The molecule has 0 amide bonds. The van der Waals surface area contributed by atoms with Crippen LogP contribution in [0.3, 0.4) is 0 Å². The van der Waals surface area contributed by atoms with Crippen LogP contribution in [0.4, 0.5) is 5.82 Å². The quantitative estimate of drug-likeness (QED) is 0.807. The largest absolute Gasteiger partial charge is 0.370 e.